The molecule has 5 heteroatoms. The zero-order valence-corrected chi connectivity index (χ0v) is 19.3. The Bertz CT molecular complexity index is 1100. The molecule has 3 atom stereocenters. The first-order valence-electron chi connectivity index (χ1n) is 11.8. The van der Waals surface area contributed by atoms with Gasteiger partial charge in [0.15, 0.2) is 0 Å². The Balaban J connectivity index is 1.33. The van der Waals surface area contributed by atoms with Crippen molar-refractivity contribution in [2.45, 2.75) is 51.1 Å². The molecular weight excluding hydrogens is 412 g/mol. The topological polar surface area (TPSA) is 67.4 Å². The Labute approximate surface area is 195 Å². The second kappa shape index (κ2) is 10.6. The van der Waals surface area contributed by atoms with Gasteiger partial charge in [0.1, 0.15) is 6.54 Å². The molecule has 0 unspecified atom stereocenters. The maximum absolute atomic E-state index is 12.3. The van der Waals surface area contributed by atoms with E-state index in [4.69, 9.17) is 4.74 Å². The molecule has 1 saturated carbocycles. The second-order valence-corrected chi connectivity index (χ2v) is 8.77. The van der Waals surface area contributed by atoms with E-state index < -0.39 is 5.97 Å². The number of benzene rings is 3. The van der Waals surface area contributed by atoms with Gasteiger partial charge in [0.2, 0.25) is 0 Å². The van der Waals surface area contributed by atoms with E-state index in [1.807, 2.05) is 24.3 Å². The fourth-order valence-corrected chi connectivity index (χ4v) is 4.88. The zero-order chi connectivity index (χ0) is 23.2. The maximum Gasteiger partial charge on any atom is 0.325 e. The summed E-state index contributed by atoms with van der Waals surface area (Å²) in [7, 11) is 0. The van der Waals surface area contributed by atoms with Gasteiger partial charge < -0.3 is 15.4 Å². The Kier molecular flexibility index (Phi) is 7.40. The summed E-state index contributed by atoms with van der Waals surface area (Å²) in [6.07, 6.45) is 3.36. The van der Waals surface area contributed by atoms with E-state index in [2.05, 4.69) is 60.0 Å². The third-order valence-corrected chi connectivity index (χ3v) is 6.55. The van der Waals surface area contributed by atoms with Gasteiger partial charge in [-0.25, -0.2) is 0 Å². The number of ether oxygens (including phenoxy) is 1. The van der Waals surface area contributed by atoms with Crippen LogP contribution in [0.15, 0.2) is 66.7 Å². The van der Waals surface area contributed by atoms with E-state index in [-0.39, 0.29) is 18.5 Å². The molecule has 3 aromatic carbocycles. The van der Waals surface area contributed by atoms with Gasteiger partial charge in [0.25, 0.3) is 5.91 Å². The number of carbonyl (C=O) groups excluding carboxylic acids is 2. The van der Waals surface area contributed by atoms with Gasteiger partial charge >= 0.3 is 5.97 Å². The summed E-state index contributed by atoms with van der Waals surface area (Å²) in [5.74, 6) is -0.201. The number of nitrogens with one attached hydrogen (secondary N) is 2. The van der Waals surface area contributed by atoms with Crippen LogP contribution in [-0.2, 0) is 9.53 Å². The number of fused-ring (bicyclic) bond motifs is 1. The molecule has 3 aromatic rings. The van der Waals surface area contributed by atoms with E-state index in [0.717, 1.165) is 19.3 Å². The smallest absolute Gasteiger partial charge is 0.325 e. The average molecular weight is 445 g/mol. The van der Waals surface area contributed by atoms with Crippen molar-refractivity contribution >= 4 is 22.6 Å². The molecule has 33 heavy (non-hydrogen) atoms. The molecule has 0 aliphatic heterocycles. The molecule has 1 aliphatic carbocycles. The van der Waals surface area contributed by atoms with Crippen molar-refractivity contribution in [2.24, 2.45) is 0 Å². The minimum absolute atomic E-state index is 0.112. The van der Waals surface area contributed by atoms with Gasteiger partial charge in [-0.2, -0.15) is 0 Å². The quantitative estimate of drug-likeness (QED) is 0.473. The third kappa shape index (κ3) is 5.60. The van der Waals surface area contributed by atoms with Crippen molar-refractivity contribution < 1.29 is 14.3 Å². The molecule has 0 heterocycles. The minimum Gasteiger partial charge on any atom is -0.465 e. The predicted octanol–water partition coefficient (Wildman–Crippen LogP) is 5.12. The molecule has 0 saturated heterocycles. The van der Waals surface area contributed by atoms with Gasteiger partial charge in [-0.3, -0.25) is 9.59 Å². The highest BCUT2D eigenvalue weighted by Crippen LogP contribution is 2.36. The highest BCUT2D eigenvalue weighted by atomic mass is 16.5. The standard InChI is InChI=1S/C28H32N2O3/c1-3-33-27(31)18-29-28(32)22-13-11-20(12-14-22)23-15-16-24(17-23)30-19(2)25-10-6-8-21-7-4-5-9-26(21)25/h4-14,19,23-24,30H,3,15-18H2,1-2H3,(H,29,32)/t19-,23-,24+/m1/s1. The summed E-state index contributed by atoms with van der Waals surface area (Å²) in [6, 6.07) is 23.6. The van der Waals surface area contributed by atoms with Crippen molar-refractivity contribution in [1.82, 2.24) is 10.6 Å². The van der Waals surface area contributed by atoms with Crippen LogP contribution in [0.25, 0.3) is 10.8 Å². The minimum atomic E-state index is -0.426. The Morgan fingerprint density at radius 1 is 1.00 bits per heavy atom. The van der Waals surface area contributed by atoms with Crippen LogP contribution < -0.4 is 10.6 Å². The summed E-state index contributed by atoms with van der Waals surface area (Å²) >= 11 is 0. The Morgan fingerprint density at radius 2 is 1.76 bits per heavy atom. The summed E-state index contributed by atoms with van der Waals surface area (Å²) < 4.78 is 4.84. The van der Waals surface area contributed by atoms with Crippen LogP contribution in [0.4, 0.5) is 0 Å². The summed E-state index contributed by atoms with van der Waals surface area (Å²) in [5, 5.41) is 9.04. The van der Waals surface area contributed by atoms with Crippen LogP contribution >= 0.6 is 0 Å². The van der Waals surface area contributed by atoms with Gasteiger partial charge in [0.05, 0.1) is 6.61 Å². The van der Waals surface area contributed by atoms with E-state index in [0.29, 0.717) is 24.1 Å². The first-order valence-corrected chi connectivity index (χ1v) is 11.8. The third-order valence-electron chi connectivity index (χ3n) is 6.55. The first kappa shape index (κ1) is 23.0. The van der Waals surface area contributed by atoms with Crippen molar-refractivity contribution in [3.8, 4) is 0 Å². The Morgan fingerprint density at radius 3 is 2.55 bits per heavy atom. The summed E-state index contributed by atoms with van der Waals surface area (Å²) in [6.45, 7) is 4.19. The van der Waals surface area contributed by atoms with E-state index in [1.54, 1.807) is 6.92 Å². The monoisotopic (exact) mass is 444 g/mol. The SMILES string of the molecule is CCOC(=O)CNC(=O)c1ccc([C@@H]2CC[C@H](N[C@H](C)c3cccc4ccccc34)C2)cc1. The van der Waals surface area contributed by atoms with Gasteiger partial charge in [-0.05, 0) is 73.1 Å². The fraction of sp³-hybridized carbons (Fsp3) is 0.357. The molecular formula is C28H32N2O3. The van der Waals surface area contributed by atoms with Crippen molar-refractivity contribution in [3.05, 3.63) is 83.4 Å². The maximum atomic E-state index is 12.3. The largest absolute Gasteiger partial charge is 0.465 e. The van der Waals surface area contributed by atoms with Gasteiger partial charge in [0, 0.05) is 17.6 Å². The highest BCUT2D eigenvalue weighted by molar-refractivity contribution is 5.95. The number of hydrogen-bond donors (Lipinski definition) is 2. The lowest BCUT2D eigenvalue weighted by molar-refractivity contribution is -0.141. The lowest BCUT2D eigenvalue weighted by atomic mass is 9.96. The lowest BCUT2D eigenvalue weighted by Gasteiger charge is -2.21. The molecule has 2 N–H and O–H groups in total. The number of amides is 1. The zero-order valence-electron chi connectivity index (χ0n) is 19.3. The molecule has 0 bridgehead atoms. The van der Waals surface area contributed by atoms with E-state index in [1.165, 1.54) is 21.9 Å². The number of carbonyl (C=O) groups is 2. The molecule has 0 spiro atoms. The second-order valence-electron chi connectivity index (χ2n) is 8.77. The van der Waals surface area contributed by atoms with Gasteiger partial charge in [-0.15, -0.1) is 0 Å². The molecule has 172 valence electrons. The fourth-order valence-electron chi connectivity index (χ4n) is 4.88. The normalized spacial score (nSPS) is 18.7. The van der Waals surface area contributed by atoms with Crippen molar-refractivity contribution in [1.29, 1.82) is 0 Å². The van der Waals surface area contributed by atoms with Crippen LogP contribution in [0.3, 0.4) is 0 Å². The van der Waals surface area contributed by atoms with E-state index in [9.17, 15) is 9.59 Å². The molecule has 1 aliphatic rings. The highest BCUT2D eigenvalue weighted by Gasteiger charge is 2.27. The molecule has 5 nitrogen and oxygen atoms in total. The molecule has 0 aromatic heterocycles. The number of rotatable bonds is 8. The van der Waals surface area contributed by atoms with Crippen LogP contribution in [0.5, 0.6) is 0 Å². The van der Waals surface area contributed by atoms with Crippen LogP contribution in [0.2, 0.25) is 0 Å². The van der Waals surface area contributed by atoms with Gasteiger partial charge in [-0.1, -0.05) is 54.6 Å². The molecule has 0 radical (unpaired) electrons. The molecule has 1 amide bonds. The number of esters is 1. The van der Waals surface area contributed by atoms with E-state index >= 15 is 0 Å². The van der Waals surface area contributed by atoms with Crippen molar-refractivity contribution in [2.75, 3.05) is 13.2 Å². The average Bonchev–Trinajstić information content (AvgIpc) is 3.31. The van der Waals surface area contributed by atoms with Crippen LogP contribution in [-0.4, -0.2) is 31.1 Å². The van der Waals surface area contributed by atoms with Crippen LogP contribution in [0.1, 0.15) is 66.6 Å². The van der Waals surface area contributed by atoms with Crippen LogP contribution in [0, 0.1) is 0 Å². The first-order chi connectivity index (χ1) is 16.0. The Hall–Kier alpha value is -3.18. The molecule has 4 rings (SSSR count). The van der Waals surface area contributed by atoms with Crippen molar-refractivity contribution in [3.63, 3.8) is 0 Å². The number of hydrogen-bond acceptors (Lipinski definition) is 4. The summed E-state index contributed by atoms with van der Waals surface area (Å²) in [5.41, 5.74) is 3.16. The lowest BCUT2D eigenvalue weighted by Crippen LogP contribution is -2.30. The molecule has 1 fully saturated rings. The summed E-state index contributed by atoms with van der Waals surface area (Å²) in [4.78, 5) is 23.7. The predicted molar refractivity (Wildman–Crippen MR) is 131 cm³/mol.